The molecular formula is C25H23ClN4OS. The molecule has 0 saturated carbocycles. The van der Waals surface area contributed by atoms with E-state index in [4.69, 9.17) is 11.6 Å². The zero-order chi connectivity index (χ0) is 22.7. The van der Waals surface area contributed by atoms with Gasteiger partial charge in [0.1, 0.15) is 5.00 Å². The number of amides is 1. The fraction of sp³-hybridized carbons (Fsp3) is 0.160. The third-order valence-electron chi connectivity index (χ3n) is 4.93. The highest BCUT2D eigenvalue weighted by Gasteiger charge is 2.24. The lowest BCUT2D eigenvalue weighted by atomic mass is 10.00. The number of hydrogen-bond donors (Lipinski definition) is 2. The minimum Gasteiger partial charge on any atom is -0.343 e. The van der Waals surface area contributed by atoms with Gasteiger partial charge in [0.25, 0.3) is 5.91 Å². The van der Waals surface area contributed by atoms with Gasteiger partial charge in [-0.1, -0.05) is 48.0 Å². The standard InChI is InChI=1S/C25H23ClN4OS/c1-15-13-16(2)28-25(27-15)29-22(19-11-7-8-12-21(19)26)20-14-17(3)32-24(20)30-23(31)18-9-5-4-6-10-18/h4-14,22H,1-3H3,(H,30,31)(H,27,28,29). The number of nitrogens with zero attached hydrogens (tertiary/aromatic N) is 2. The number of rotatable bonds is 6. The fourth-order valence-electron chi connectivity index (χ4n) is 3.56. The van der Waals surface area contributed by atoms with Gasteiger partial charge in [0.15, 0.2) is 0 Å². The Morgan fingerprint density at radius 3 is 2.25 bits per heavy atom. The summed E-state index contributed by atoms with van der Waals surface area (Å²) in [7, 11) is 0. The van der Waals surface area contributed by atoms with Crippen LogP contribution in [-0.2, 0) is 0 Å². The number of carbonyl (C=O) groups is 1. The highest BCUT2D eigenvalue weighted by molar-refractivity contribution is 7.16. The molecule has 2 N–H and O–H groups in total. The van der Waals surface area contributed by atoms with Crippen LogP contribution < -0.4 is 10.6 Å². The van der Waals surface area contributed by atoms with E-state index in [0.29, 0.717) is 16.5 Å². The molecular weight excluding hydrogens is 440 g/mol. The average molecular weight is 463 g/mol. The monoisotopic (exact) mass is 462 g/mol. The van der Waals surface area contributed by atoms with E-state index in [1.54, 1.807) is 12.1 Å². The molecule has 1 amide bonds. The molecule has 0 aliphatic heterocycles. The number of aryl methyl sites for hydroxylation is 3. The Morgan fingerprint density at radius 2 is 1.56 bits per heavy atom. The molecule has 0 aliphatic carbocycles. The molecule has 32 heavy (non-hydrogen) atoms. The topological polar surface area (TPSA) is 66.9 Å². The second-order valence-electron chi connectivity index (χ2n) is 7.53. The van der Waals surface area contributed by atoms with Gasteiger partial charge in [-0.3, -0.25) is 4.79 Å². The molecule has 0 fully saturated rings. The van der Waals surface area contributed by atoms with Crippen molar-refractivity contribution in [1.29, 1.82) is 0 Å². The van der Waals surface area contributed by atoms with Crippen LogP contribution in [0, 0.1) is 20.8 Å². The summed E-state index contributed by atoms with van der Waals surface area (Å²) < 4.78 is 0. The van der Waals surface area contributed by atoms with E-state index in [0.717, 1.165) is 32.4 Å². The van der Waals surface area contributed by atoms with Crippen LogP contribution in [0.5, 0.6) is 0 Å². The van der Waals surface area contributed by atoms with Crippen molar-refractivity contribution >= 4 is 39.8 Å². The average Bonchev–Trinajstić information content (AvgIpc) is 3.12. The van der Waals surface area contributed by atoms with E-state index in [-0.39, 0.29) is 11.9 Å². The molecule has 1 atom stereocenters. The summed E-state index contributed by atoms with van der Waals surface area (Å²) in [4.78, 5) is 23.0. The third-order valence-corrected chi connectivity index (χ3v) is 6.26. The highest BCUT2D eigenvalue weighted by atomic mass is 35.5. The Balaban J connectivity index is 1.76. The first kappa shape index (κ1) is 22.0. The van der Waals surface area contributed by atoms with Crippen molar-refractivity contribution in [3.63, 3.8) is 0 Å². The van der Waals surface area contributed by atoms with Crippen LogP contribution in [-0.4, -0.2) is 15.9 Å². The number of carbonyl (C=O) groups excluding carboxylic acids is 1. The van der Waals surface area contributed by atoms with E-state index < -0.39 is 0 Å². The maximum atomic E-state index is 12.9. The molecule has 0 saturated heterocycles. The summed E-state index contributed by atoms with van der Waals surface area (Å²) in [6, 6.07) is 20.5. The van der Waals surface area contributed by atoms with Crippen LogP contribution >= 0.6 is 22.9 Å². The zero-order valence-corrected chi connectivity index (χ0v) is 19.6. The Labute approximate surface area is 196 Å². The van der Waals surface area contributed by atoms with Gasteiger partial charge in [0, 0.05) is 32.4 Å². The van der Waals surface area contributed by atoms with Crippen molar-refractivity contribution in [3.05, 3.63) is 105 Å². The molecule has 0 aliphatic rings. The van der Waals surface area contributed by atoms with E-state index in [1.165, 1.54) is 11.3 Å². The van der Waals surface area contributed by atoms with Crippen molar-refractivity contribution in [2.75, 3.05) is 10.6 Å². The molecule has 162 valence electrons. The number of benzene rings is 2. The lowest BCUT2D eigenvalue weighted by Gasteiger charge is -2.22. The first-order valence-electron chi connectivity index (χ1n) is 10.2. The molecule has 2 heterocycles. The normalized spacial score (nSPS) is 11.8. The first-order valence-corrected chi connectivity index (χ1v) is 11.4. The van der Waals surface area contributed by atoms with Gasteiger partial charge in [0.05, 0.1) is 6.04 Å². The summed E-state index contributed by atoms with van der Waals surface area (Å²) in [6.07, 6.45) is 0. The lowest BCUT2D eigenvalue weighted by molar-refractivity contribution is 0.102. The number of hydrogen-bond acceptors (Lipinski definition) is 5. The molecule has 2 aromatic heterocycles. The number of aromatic nitrogens is 2. The van der Waals surface area contributed by atoms with Gasteiger partial charge < -0.3 is 10.6 Å². The first-order chi connectivity index (χ1) is 15.4. The predicted molar refractivity (Wildman–Crippen MR) is 132 cm³/mol. The third kappa shape index (κ3) is 4.98. The van der Waals surface area contributed by atoms with Crippen LogP contribution in [0.4, 0.5) is 10.9 Å². The van der Waals surface area contributed by atoms with Gasteiger partial charge in [-0.15, -0.1) is 11.3 Å². The molecule has 2 aromatic carbocycles. The van der Waals surface area contributed by atoms with E-state index in [9.17, 15) is 4.79 Å². The van der Waals surface area contributed by atoms with Crippen LogP contribution in [0.1, 0.15) is 43.8 Å². The molecule has 4 aromatic rings. The Kier molecular flexibility index (Phi) is 6.53. The Morgan fingerprint density at radius 1 is 0.906 bits per heavy atom. The maximum absolute atomic E-state index is 12.9. The summed E-state index contributed by atoms with van der Waals surface area (Å²) in [5, 5.41) is 7.92. The number of halogens is 1. The van der Waals surface area contributed by atoms with Crippen LogP contribution in [0.3, 0.4) is 0 Å². The van der Waals surface area contributed by atoms with Crippen LogP contribution in [0.2, 0.25) is 5.02 Å². The summed E-state index contributed by atoms with van der Waals surface area (Å²) in [5.74, 6) is 0.353. The number of thiophene rings is 1. The minimum atomic E-state index is -0.346. The number of nitrogens with one attached hydrogen (secondary N) is 2. The molecule has 0 spiro atoms. The Hall–Kier alpha value is -3.22. The van der Waals surface area contributed by atoms with E-state index >= 15 is 0 Å². The van der Waals surface area contributed by atoms with Gasteiger partial charge in [-0.2, -0.15) is 0 Å². The molecule has 0 radical (unpaired) electrons. The molecule has 1 unspecified atom stereocenters. The van der Waals surface area contributed by atoms with Crippen LogP contribution in [0.25, 0.3) is 0 Å². The minimum absolute atomic E-state index is 0.158. The predicted octanol–water partition coefficient (Wildman–Crippen LogP) is 6.57. The smallest absolute Gasteiger partial charge is 0.256 e. The van der Waals surface area contributed by atoms with E-state index in [1.807, 2.05) is 69.3 Å². The SMILES string of the molecule is Cc1cc(C)nc(NC(c2ccccc2Cl)c2cc(C)sc2NC(=O)c2ccccc2)n1. The zero-order valence-electron chi connectivity index (χ0n) is 18.0. The number of anilines is 2. The summed E-state index contributed by atoms with van der Waals surface area (Å²) in [6.45, 7) is 5.89. The molecule has 4 rings (SSSR count). The fourth-order valence-corrected chi connectivity index (χ4v) is 4.75. The van der Waals surface area contributed by atoms with Crippen molar-refractivity contribution in [1.82, 2.24) is 9.97 Å². The van der Waals surface area contributed by atoms with Crippen molar-refractivity contribution in [3.8, 4) is 0 Å². The van der Waals surface area contributed by atoms with Gasteiger partial charge in [-0.05, 0) is 56.7 Å². The van der Waals surface area contributed by atoms with Crippen molar-refractivity contribution < 1.29 is 4.79 Å². The highest BCUT2D eigenvalue weighted by Crippen LogP contribution is 2.39. The molecule has 0 bridgehead atoms. The van der Waals surface area contributed by atoms with Gasteiger partial charge in [0.2, 0.25) is 5.95 Å². The Bertz CT molecular complexity index is 1240. The van der Waals surface area contributed by atoms with Gasteiger partial charge in [-0.25, -0.2) is 9.97 Å². The second kappa shape index (κ2) is 9.51. The second-order valence-corrected chi connectivity index (χ2v) is 9.20. The summed E-state index contributed by atoms with van der Waals surface area (Å²) >= 11 is 8.12. The maximum Gasteiger partial charge on any atom is 0.256 e. The largest absolute Gasteiger partial charge is 0.343 e. The van der Waals surface area contributed by atoms with E-state index in [2.05, 4.69) is 26.7 Å². The molecule has 7 heteroatoms. The van der Waals surface area contributed by atoms with Crippen molar-refractivity contribution in [2.45, 2.75) is 26.8 Å². The van der Waals surface area contributed by atoms with Gasteiger partial charge >= 0.3 is 0 Å². The quantitative estimate of drug-likeness (QED) is 0.340. The van der Waals surface area contributed by atoms with Crippen molar-refractivity contribution in [2.24, 2.45) is 0 Å². The van der Waals surface area contributed by atoms with Crippen LogP contribution in [0.15, 0.2) is 66.7 Å². The lowest BCUT2D eigenvalue weighted by Crippen LogP contribution is -2.18. The summed E-state index contributed by atoms with van der Waals surface area (Å²) in [5.41, 5.74) is 4.14. The molecule has 5 nitrogen and oxygen atoms in total.